The zero-order chi connectivity index (χ0) is 11.8. The van der Waals surface area contributed by atoms with Crippen LogP contribution in [0.4, 0.5) is 10.1 Å². The lowest BCUT2D eigenvalue weighted by molar-refractivity contribution is -0.0284. The molecule has 5 nitrogen and oxygen atoms in total. The summed E-state index contributed by atoms with van der Waals surface area (Å²) in [6.07, 6.45) is 0.636. The molecule has 0 amide bonds. The van der Waals surface area contributed by atoms with E-state index in [1.54, 1.807) is 0 Å². The highest BCUT2D eigenvalue weighted by Gasteiger charge is 2.29. The lowest BCUT2D eigenvalue weighted by Crippen LogP contribution is -2.26. The van der Waals surface area contributed by atoms with Crippen LogP contribution in [-0.4, -0.2) is 26.0 Å². The molecule has 1 aromatic carbocycles. The third-order valence-corrected chi connectivity index (χ3v) is 3.93. The van der Waals surface area contributed by atoms with Gasteiger partial charge in [0, 0.05) is 6.54 Å². The van der Waals surface area contributed by atoms with Gasteiger partial charge in [0.2, 0.25) is 0 Å². The van der Waals surface area contributed by atoms with E-state index in [-0.39, 0.29) is 17.1 Å². The molecule has 1 aliphatic rings. The number of nitrogens with zero attached hydrogens (tertiary/aromatic N) is 1. The van der Waals surface area contributed by atoms with Gasteiger partial charge in [0.15, 0.2) is 0 Å². The number of rotatable bonds is 2. The van der Waals surface area contributed by atoms with Crippen molar-refractivity contribution in [2.75, 3.05) is 18.9 Å². The van der Waals surface area contributed by atoms with Crippen LogP contribution in [0, 0.1) is 5.82 Å². The van der Waals surface area contributed by atoms with Gasteiger partial charge in [0.25, 0.3) is 10.0 Å². The second-order valence-corrected chi connectivity index (χ2v) is 5.23. The SMILES string of the molecule is Nc1ccc(S(=O)(=O)N2CCCO2)cc1F. The highest BCUT2D eigenvalue weighted by Crippen LogP contribution is 2.22. The molecule has 2 rings (SSSR count). The minimum absolute atomic E-state index is 0.0821. The number of halogens is 1. The molecule has 0 aliphatic carbocycles. The molecular weight excluding hydrogens is 235 g/mol. The molecule has 1 aliphatic heterocycles. The summed E-state index contributed by atoms with van der Waals surface area (Å²) in [5.74, 6) is -0.750. The Hall–Kier alpha value is -1.18. The zero-order valence-corrected chi connectivity index (χ0v) is 9.21. The lowest BCUT2D eigenvalue weighted by atomic mass is 10.3. The first-order chi connectivity index (χ1) is 7.51. The number of hydrogen-bond acceptors (Lipinski definition) is 4. The maximum absolute atomic E-state index is 13.1. The van der Waals surface area contributed by atoms with Gasteiger partial charge < -0.3 is 5.73 Å². The summed E-state index contributed by atoms with van der Waals surface area (Å²) in [6, 6.07) is 3.38. The summed E-state index contributed by atoms with van der Waals surface area (Å²) in [7, 11) is -3.76. The van der Waals surface area contributed by atoms with Crippen LogP contribution in [0.2, 0.25) is 0 Å². The van der Waals surface area contributed by atoms with Crippen LogP contribution in [0.1, 0.15) is 6.42 Å². The predicted octanol–water partition coefficient (Wildman–Crippen LogP) is 0.734. The van der Waals surface area contributed by atoms with Gasteiger partial charge in [-0.1, -0.05) is 4.47 Å². The van der Waals surface area contributed by atoms with E-state index in [1.807, 2.05) is 0 Å². The van der Waals surface area contributed by atoms with Crippen molar-refractivity contribution < 1.29 is 17.6 Å². The number of anilines is 1. The Morgan fingerprint density at radius 2 is 2.19 bits per heavy atom. The van der Waals surface area contributed by atoms with Crippen LogP contribution in [-0.2, 0) is 14.9 Å². The zero-order valence-electron chi connectivity index (χ0n) is 8.39. The Kier molecular flexibility index (Phi) is 2.83. The smallest absolute Gasteiger partial charge is 0.265 e. The minimum atomic E-state index is -3.76. The molecule has 2 N–H and O–H groups in total. The summed E-state index contributed by atoms with van der Waals surface area (Å²) in [6.45, 7) is 0.644. The average Bonchev–Trinajstić information content (AvgIpc) is 2.75. The molecular formula is C9H11FN2O3S. The van der Waals surface area contributed by atoms with E-state index in [1.165, 1.54) is 12.1 Å². The van der Waals surface area contributed by atoms with Crippen LogP contribution in [0.15, 0.2) is 23.1 Å². The van der Waals surface area contributed by atoms with Crippen molar-refractivity contribution in [3.05, 3.63) is 24.0 Å². The quantitative estimate of drug-likeness (QED) is 0.781. The van der Waals surface area contributed by atoms with Crippen molar-refractivity contribution in [2.24, 2.45) is 0 Å². The van der Waals surface area contributed by atoms with Crippen LogP contribution in [0.3, 0.4) is 0 Å². The Labute approximate surface area is 92.6 Å². The van der Waals surface area contributed by atoms with Gasteiger partial charge in [-0.15, -0.1) is 0 Å². The van der Waals surface area contributed by atoms with Gasteiger partial charge in [-0.3, -0.25) is 4.84 Å². The second-order valence-electron chi connectivity index (χ2n) is 3.40. The van der Waals surface area contributed by atoms with Crippen LogP contribution >= 0.6 is 0 Å². The van der Waals surface area contributed by atoms with Crippen molar-refractivity contribution in [1.82, 2.24) is 4.47 Å². The molecule has 0 unspecified atom stereocenters. The van der Waals surface area contributed by atoms with Crippen molar-refractivity contribution in [2.45, 2.75) is 11.3 Å². The standard InChI is InChI=1S/C9H11FN2O3S/c10-8-6-7(2-3-9(8)11)16(13,14)12-4-1-5-15-12/h2-3,6H,1,4-5,11H2. The Balaban J connectivity index is 2.39. The topological polar surface area (TPSA) is 72.6 Å². The Morgan fingerprint density at radius 3 is 2.75 bits per heavy atom. The first-order valence-corrected chi connectivity index (χ1v) is 6.16. The van der Waals surface area contributed by atoms with E-state index < -0.39 is 15.8 Å². The van der Waals surface area contributed by atoms with Crippen molar-refractivity contribution in [1.29, 1.82) is 0 Å². The van der Waals surface area contributed by atoms with Gasteiger partial charge in [0.05, 0.1) is 17.2 Å². The molecule has 0 spiro atoms. The summed E-state index contributed by atoms with van der Waals surface area (Å²) in [4.78, 5) is 4.78. The normalized spacial score (nSPS) is 17.8. The highest BCUT2D eigenvalue weighted by molar-refractivity contribution is 7.89. The van der Waals surface area contributed by atoms with Gasteiger partial charge in [-0.25, -0.2) is 12.8 Å². The number of nitrogens with two attached hydrogens (primary N) is 1. The van der Waals surface area contributed by atoms with Crippen molar-refractivity contribution in [3.63, 3.8) is 0 Å². The number of benzene rings is 1. The molecule has 0 aromatic heterocycles. The van der Waals surface area contributed by atoms with E-state index in [0.717, 1.165) is 10.5 Å². The van der Waals surface area contributed by atoms with Crippen molar-refractivity contribution in [3.8, 4) is 0 Å². The van der Waals surface area contributed by atoms with Crippen molar-refractivity contribution >= 4 is 15.7 Å². The first-order valence-electron chi connectivity index (χ1n) is 4.72. The van der Waals surface area contributed by atoms with Gasteiger partial charge >= 0.3 is 0 Å². The van der Waals surface area contributed by atoms with Crippen LogP contribution in [0.5, 0.6) is 0 Å². The Bertz CT molecular complexity index is 497. The average molecular weight is 246 g/mol. The predicted molar refractivity (Wildman–Crippen MR) is 55.3 cm³/mol. The fourth-order valence-electron chi connectivity index (χ4n) is 1.40. The molecule has 0 saturated carbocycles. The summed E-state index contributed by atoms with van der Waals surface area (Å²) < 4.78 is 37.8. The summed E-state index contributed by atoms with van der Waals surface area (Å²) >= 11 is 0. The molecule has 0 bridgehead atoms. The largest absolute Gasteiger partial charge is 0.396 e. The van der Waals surface area contributed by atoms with Gasteiger partial charge in [-0.05, 0) is 24.6 Å². The molecule has 88 valence electrons. The molecule has 1 heterocycles. The number of hydrogen-bond donors (Lipinski definition) is 1. The third-order valence-electron chi connectivity index (χ3n) is 2.26. The monoisotopic (exact) mass is 246 g/mol. The second kappa shape index (κ2) is 4.00. The lowest BCUT2D eigenvalue weighted by Gasteiger charge is -2.14. The maximum Gasteiger partial charge on any atom is 0.265 e. The molecule has 1 saturated heterocycles. The molecule has 7 heteroatoms. The fourth-order valence-corrected chi connectivity index (χ4v) is 2.71. The molecule has 1 aromatic rings. The molecule has 0 radical (unpaired) electrons. The van der Waals surface area contributed by atoms with E-state index >= 15 is 0 Å². The highest BCUT2D eigenvalue weighted by atomic mass is 32.2. The van der Waals surface area contributed by atoms with E-state index in [2.05, 4.69) is 0 Å². The maximum atomic E-state index is 13.1. The first kappa shape index (κ1) is 11.3. The van der Waals surface area contributed by atoms with Gasteiger partial charge in [0.1, 0.15) is 5.82 Å². The molecule has 0 atom stereocenters. The molecule has 16 heavy (non-hydrogen) atoms. The third kappa shape index (κ3) is 1.89. The fraction of sp³-hybridized carbons (Fsp3) is 0.333. The number of sulfonamides is 1. The summed E-state index contributed by atoms with van der Waals surface area (Å²) in [5.41, 5.74) is 5.19. The number of nitrogen functional groups attached to an aromatic ring is 1. The number of hydroxylamine groups is 1. The summed E-state index contributed by atoms with van der Waals surface area (Å²) in [5, 5.41) is 0. The van der Waals surface area contributed by atoms with Crippen LogP contribution in [0.25, 0.3) is 0 Å². The van der Waals surface area contributed by atoms with Crippen LogP contribution < -0.4 is 5.73 Å². The van der Waals surface area contributed by atoms with Gasteiger partial charge in [-0.2, -0.15) is 0 Å². The van der Waals surface area contributed by atoms with E-state index in [4.69, 9.17) is 10.6 Å². The van der Waals surface area contributed by atoms with E-state index in [9.17, 15) is 12.8 Å². The molecule has 1 fully saturated rings. The minimum Gasteiger partial charge on any atom is -0.396 e. The Morgan fingerprint density at radius 1 is 1.44 bits per heavy atom. The van der Waals surface area contributed by atoms with E-state index in [0.29, 0.717) is 13.0 Å².